The Morgan fingerprint density at radius 1 is 1.09 bits per heavy atom. The highest BCUT2D eigenvalue weighted by Gasteiger charge is 2.41. The second-order valence-electron chi connectivity index (χ2n) is 8.16. The summed E-state index contributed by atoms with van der Waals surface area (Å²) >= 11 is 12.9. The zero-order valence-corrected chi connectivity index (χ0v) is 19.9. The van der Waals surface area contributed by atoms with Gasteiger partial charge in [-0.15, -0.1) is 0 Å². The molecule has 0 saturated carbocycles. The van der Waals surface area contributed by atoms with Crippen molar-refractivity contribution >= 4 is 40.8 Å². The molecule has 1 N–H and O–H groups in total. The topological polar surface area (TPSA) is 78.3 Å². The van der Waals surface area contributed by atoms with Crippen LogP contribution in [0.3, 0.4) is 0 Å². The average Bonchev–Trinajstić information content (AvgIpc) is 3.35. The van der Waals surface area contributed by atoms with Crippen LogP contribution in [0.1, 0.15) is 39.2 Å². The molecule has 0 fully saturated rings. The molecule has 0 amide bonds. The molecule has 0 spiro atoms. The number of nitrogens with one attached hydrogen (secondary N) is 1. The highest BCUT2D eigenvalue weighted by Crippen LogP contribution is 2.51. The van der Waals surface area contributed by atoms with E-state index in [1.165, 1.54) is 13.4 Å². The molecule has 2 aliphatic heterocycles. The molecule has 174 valence electrons. The van der Waals surface area contributed by atoms with Crippen LogP contribution in [-0.4, -0.2) is 27.8 Å². The van der Waals surface area contributed by atoms with Gasteiger partial charge in [-0.3, -0.25) is 0 Å². The summed E-state index contributed by atoms with van der Waals surface area (Å²) in [5.41, 5.74) is 4.84. The first kappa shape index (κ1) is 21.7. The SMILES string of the molecule is COC(=O)c1ccc([C@@H]2Oc3ccccc3C3=C2[C@H](c2ccc(Cl)cc2Cl)n2ncnc2N3)cc1. The lowest BCUT2D eigenvalue weighted by Crippen LogP contribution is -2.32. The number of hydrogen-bond acceptors (Lipinski definition) is 6. The lowest BCUT2D eigenvalue weighted by Gasteiger charge is -2.39. The van der Waals surface area contributed by atoms with E-state index in [0.29, 0.717) is 21.6 Å². The molecular formula is C26H18Cl2N4O3. The number of carbonyl (C=O) groups is 1. The third-order valence-corrected chi connectivity index (χ3v) is 6.78. The third kappa shape index (κ3) is 3.55. The first-order valence-corrected chi connectivity index (χ1v) is 11.6. The second kappa shape index (κ2) is 8.45. The summed E-state index contributed by atoms with van der Waals surface area (Å²) in [6.45, 7) is 0. The molecule has 3 aromatic carbocycles. The highest BCUT2D eigenvalue weighted by molar-refractivity contribution is 6.35. The largest absolute Gasteiger partial charge is 0.480 e. The zero-order chi connectivity index (χ0) is 24.1. The Bertz CT molecular complexity index is 1500. The normalized spacial score (nSPS) is 18.0. The van der Waals surface area contributed by atoms with Crippen molar-refractivity contribution in [1.29, 1.82) is 0 Å². The van der Waals surface area contributed by atoms with E-state index in [4.69, 9.17) is 32.7 Å². The van der Waals surface area contributed by atoms with Crippen LogP contribution in [0, 0.1) is 0 Å². The minimum absolute atomic E-state index is 0.399. The fourth-order valence-corrected chi connectivity index (χ4v) is 5.14. The van der Waals surface area contributed by atoms with E-state index in [1.54, 1.807) is 28.9 Å². The maximum Gasteiger partial charge on any atom is 0.337 e. The van der Waals surface area contributed by atoms with Crippen LogP contribution in [0.25, 0.3) is 5.70 Å². The summed E-state index contributed by atoms with van der Waals surface area (Å²) in [5.74, 6) is 0.926. The van der Waals surface area contributed by atoms with Crippen molar-refractivity contribution in [3.8, 4) is 5.75 Å². The molecule has 6 rings (SSSR count). The Hall–Kier alpha value is -3.81. The number of anilines is 1. The predicted molar refractivity (Wildman–Crippen MR) is 133 cm³/mol. The predicted octanol–water partition coefficient (Wildman–Crippen LogP) is 5.93. The van der Waals surface area contributed by atoms with Gasteiger partial charge in [-0.25, -0.2) is 9.48 Å². The van der Waals surface area contributed by atoms with Crippen molar-refractivity contribution in [3.63, 3.8) is 0 Å². The maximum absolute atomic E-state index is 12.0. The summed E-state index contributed by atoms with van der Waals surface area (Å²) in [6.07, 6.45) is 1.01. The Balaban J connectivity index is 1.58. The lowest BCUT2D eigenvalue weighted by atomic mass is 9.84. The highest BCUT2D eigenvalue weighted by atomic mass is 35.5. The monoisotopic (exact) mass is 504 g/mol. The van der Waals surface area contributed by atoms with Gasteiger partial charge in [-0.2, -0.15) is 10.1 Å². The van der Waals surface area contributed by atoms with Gasteiger partial charge in [-0.05, 0) is 47.5 Å². The molecule has 4 aromatic rings. The van der Waals surface area contributed by atoms with Crippen LogP contribution in [0.2, 0.25) is 10.0 Å². The van der Waals surface area contributed by atoms with Crippen molar-refractivity contribution in [2.75, 3.05) is 12.4 Å². The van der Waals surface area contributed by atoms with E-state index < -0.39 is 18.1 Å². The van der Waals surface area contributed by atoms with Gasteiger partial charge in [0.2, 0.25) is 5.95 Å². The molecule has 7 nitrogen and oxygen atoms in total. The van der Waals surface area contributed by atoms with Crippen LogP contribution in [-0.2, 0) is 4.74 Å². The molecule has 9 heteroatoms. The quantitative estimate of drug-likeness (QED) is 0.348. The van der Waals surface area contributed by atoms with Gasteiger partial charge < -0.3 is 14.8 Å². The number of aromatic nitrogens is 3. The number of carbonyl (C=O) groups excluding carboxylic acids is 1. The molecule has 0 radical (unpaired) electrons. The molecule has 2 atom stereocenters. The summed E-state index contributed by atoms with van der Waals surface area (Å²) in [7, 11) is 1.36. The van der Waals surface area contributed by atoms with Crippen molar-refractivity contribution in [1.82, 2.24) is 14.8 Å². The van der Waals surface area contributed by atoms with Gasteiger partial charge in [0.15, 0.2) is 0 Å². The summed E-state index contributed by atoms with van der Waals surface area (Å²) in [4.78, 5) is 16.4. The lowest BCUT2D eigenvalue weighted by molar-refractivity contribution is 0.0600. The minimum Gasteiger partial charge on any atom is -0.480 e. The van der Waals surface area contributed by atoms with Gasteiger partial charge in [0.1, 0.15) is 24.2 Å². The van der Waals surface area contributed by atoms with Gasteiger partial charge in [-0.1, -0.05) is 53.5 Å². The Kier molecular flexibility index (Phi) is 5.24. The van der Waals surface area contributed by atoms with E-state index in [9.17, 15) is 4.79 Å². The fraction of sp³-hybridized carbons (Fsp3) is 0.115. The number of para-hydroxylation sites is 1. The molecule has 2 aliphatic rings. The Morgan fingerprint density at radius 2 is 1.89 bits per heavy atom. The fourth-order valence-electron chi connectivity index (χ4n) is 4.63. The zero-order valence-electron chi connectivity index (χ0n) is 18.4. The van der Waals surface area contributed by atoms with Crippen LogP contribution < -0.4 is 10.1 Å². The first-order chi connectivity index (χ1) is 17.0. The molecule has 0 aliphatic carbocycles. The molecule has 0 bridgehead atoms. The number of esters is 1. The van der Waals surface area contributed by atoms with E-state index in [1.807, 2.05) is 42.5 Å². The summed E-state index contributed by atoms with van der Waals surface area (Å²) in [5, 5.41) is 9.01. The number of rotatable bonds is 3. The standard InChI is InChI=1S/C26H18Cl2N4O3/c1-34-25(33)15-8-6-14(7-9-15)24-21-22(18-4-2-3-5-20(18)35-24)31-26-29-13-30-32(26)23(21)17-11-10-16(27)12-19(17)28/h2-13,23-24H,1H3,(H,29,30,31)/t23-,24-/m0/s1. The van der Waals surface area contributed by atoms with Crippen molar-refractivity contribution < 1.29 is 14.3 Å². The van der Waals surface area contributed by atoms with Crippen LogP contribution in [0.15, 0.2) is 78.6 Å². The number of fused-ring (bicyclic) bond motifs is 3. The van der Waals surface area contributed by atoms with Crippen LogP contribution in [0.4, 0.5) is 5.95 Å². The Labute approximate surface area is 210 Å². The third-order valence-electron chi connectivity index (χ3n) is 6.21. The number of halogens is 2. The summed E-state index contributed by atoms with van der Waals surface area (Å²) in [6, 6.07) is 20.0. The summed E-state index contributed by atoms with van der Waals surface area (Å²) < 4.78 is 13.2. The van der Waals surface area contributed by atoms with Crippen LogP contribution in [0.5, 0.6) is 5.75 Å². The van der Waals surface area contributed by atoms with Gasteiger partial charge in [0.05, 0.1) is 18.4 Å². The van der Waals surface area contributed by atoms with E-state index in [0.717, 1.165) is 33.7 Å². The van der Waals surface area contributed by atoms with E-state index in [-0.39, 0.29) is 0 Å². The number of hydrogen-bond donors (Lipinski definition) is 1. The molecular weight excluding hydrogens is 487 g/mol. The van der Waals surface area contributed by atoms with E-state index in [2.05, 4.69) is 15.4 Å². The molecule has 35 heavy (non-hydrogen) atoms. The second-order valence-corrected chi connectivity index (χ2v) is 9.00. The van der Waals surface area contributed by atoms with Gasteiger partial charge in [0, 0.05) is 21.2 Å². The van der Waals surface area contributed by atoms with Crippen LogP contribution >= 0.6 is 23.2 Å². The molecule has 1 aromatic heterocycles. The Morgan fingerprint density at radius 3 is 2.66 bits per heavy atom. The van der Waals surface area contributed by atoms with Gasteiger partial charge in [0.25, 0.3) is 0 Å². The average molecular weight is 505 g/mol. The smallest absolute Gasteiger partial charge is 0.337 e. The van der Waals surface area contributed by atoms with Crippen molar-refractivity contribution in [2.24, 2.45) is 0 Å². The number of benzene rings is 3. The molecule has 0 unspecified atom stereocenters. The number of ether oxygens (including phenoxy) is 2. The molecule has 3 heterocycles. The first-order valence-electron chi connectivity index (χ1n) is 10.8. The molecule has 0 saturated heterocycles. The van der Waals surface area contributed by atoms with E-state index >= 15 is 0 Å². The maximum atomic E-state index is 12.0. The van der Waals surface area contributed by atoms with Crippen molar-refractivity contribution in [2.45, 2.75) is 12.1 Å². The number of methoxy groups -OCH3 is 1. The van der Waals surface area contributed by atoms with Gasteiger partial charge >= 0.3 is 5.97 Å². The van der Waals surface area contributed by atoms with Crippen molar-refractivity contribution in [3.05, 3.63) is 111 Å². The minimum atomic E-state index is -0.492. The number of nitrogens with zero attached hydrogens (tertiary/aromatic N) is 3.